The number of esters is 2. The molecule has 0 bridgehead atoms. The molecule has 5 nitrogen and oxygen atoms in total. The van der Waals surface area contributed by atoms with Gasteiger partial charge in [-0.15, -0.1) is 0 Å². The zero-order chi connectivity index (χ0) is 21.4. The second-order valence-electron chi connectivity index (χ2n) is 7.24. The Hall–Kier alpha value is -2.66. The molecule has 0 saturated carbocycles. The zero-order valence-electron chi connectivity index (χ0n) is 17.1. The number of rotatable bonds is 8. The van der Waals surface area contributed by atoms with E-state index in [-0.39, 0.29) is 23.3 Å². The first kappa shape index (κ1) is 22.6. The van der Waals surface area contributed by atoms with Gasteiger partial charge in [-0.1, -0.05) is 69.6 Å². The Labute approximate surface area is 176 Å². The van der Waals surface area contributed by atoms with E-state index >= 15 is 0 Å². The van der Waals surface area contributed by atoms with Gasteiger partial charge in [0.2, 0.25) is 0 Å². The van der Waals surface area contributed by atoms with E-state index in [0.29, 0.717) is 17.1 Å². The highest BCUT2D eigenvalue weighted by molar-refractivity contribution is 6.31. The lowest BCUT2D eigenvalue weighted by molar-refractivity contribution is -0.140. The summed E-state index contributed by atoms with van der Waals surface area (Å²) in [7, 11) is 0. The number of ether oxygens (including phenoxy) is 2. The van der Waals surface area contributed by atoms with Crippen molar-refractivity contribution in [2.75, 3.05) is 6.54 Å². The minimum absolute atomic E-state index is 0.106. The fourth-order valence-electron chi connectivity index (χ4n) is 2.32. The molecule has 2 rings (SSSR count). The number of hydrogen-bond donors (Lipinski definition) is 0. The molecule has 0 saturated heterocycles. The van der Waals surface area contributed by atoms with Crippen LogP contribution in [0.1, 0.15) is 38.8 Å². The number of carbonyl (C=O) groups is 2. The van der Waals surface area contributed by atoms with E-state index in [0.717, 1.165) is 6.42 Å². The van der Waals surface area contributed by atoms with Gasteiger partial charge in [-0.3, -0.25) is 14.6 Å². The topological polar surface area (TPSA) is 65.0 Å². The molecule has 29 heavy (non-hydrogen) atoms. The predicted octanol–water partition coefficient (Wildman–Crippen LogP) is 5.12. The van der Waals surface area contributed by atoms with Gasteiger partial charge in [-0.05, 0) is 18.1 Å². The van der Waals surface area contributed by atoms with Gasteiger partial charge in [-0.2, -0.15) is 0 Å². The molecule has 2 aromatic carbocycles. The third-order valence-corrected chi connectivity index (χ3v) is 4.23. The van der Waals surface area contributed by atoms with E-state index in [4.69, 9.17) is 21.1 Å². The Bertz CT molecular complexity index is 876. The molecule has 0 aliphatic carbocycles. The first-order chi connectivity index (χ1) is 13.8. The molecule has 0 N–H and O–H groups in total. The quantitative estimate of drug-likeness (QED) is 0.341. The summed E-state index contributed by atoms with van der Waals surface area (Å²) >= 11 is 6.20. The Kier molecular flexibility index (Phi) is 8.40. The normalized spacial score (nSPS) is 11.3. The molecule has 0 aromatic heterocycles. The molecule has 154 valence electrons. The second kappa shape index (κ2) is 10.8. The van der Waals surface area contributed by atoms with Crippen LogP contribution in [-0.2, 0) is 16.0 Å². The Balaban J connectivity index is 2.29. The van der Waals surface area contributed by atoms with E-state index in [2.05, 4.69) is 4.99 Å². The van der Waals surface area contributed by atoms with Crippen molar-refractivity contribution in [3.05, 3.63) is 58.6 Å². The SMILES string of the molecule is CC(C)C(=O)Oc1cc(Cl)cc(C=NCCc2ccccc2)c1OC(=O)C(C)C. The van der Waals surface area contributed by atoms with Gasteiger partial charge in [0.15, 0.2) is 11.5 Å². The van der Waals surface area contributed by atoms with Crippen molar-refractivity contribution in [3.63, 3.8) is 0 Å². The van der Waals surface area contributed by atoms with Crippen LogP contribution in [0.25, 0.3) is 0 Å². The van der Waals surface area contributed by atoms with Crippen molar-refractivity contribution in [1.29, 1.82) is 0 Å². The Morgan fingerprint density at radius 2 is 1.62 bits per heavy atom. The van der Waals surface area contributed by atoms with Gasteiger partial charge in [0.05, 0.1) is 11.8 Å². The van der Waals surface area contributed by atoms with Crippen molar-refractivity contribution in [3.8, 4) is 11.5 Å². The molecule has 0 spiro atoms. The molecular formula is C23H26ClNO4. The summed E-state index contributed by atoms with van der Waals surface area (Å²) in [5, 5.41) is 0.352. The number of nitrogens with zero attached hydrogens (tertiary/aromatic N) is 1. The van der Waals surface area contributed by atoms with Gasteiger partial charge in [-0.25, -0.2) is 0 Å². The molecule has 0 fully saturated rings. The van der Waals surface area contributed by atoms with E-state index in [9.17, 15) is 9.59 Å². The van der Waals surface area contributed by atoms with Crippen LogP contribution in [0, 0.1) is 11.8 Å². The van der Waals surface area contributed by atoms with Crippen LogP contribution in [-0.4, -0.2) is 24.7 Å². The number of carbonyl (C=O) groups excluding carboxylic acids is 2. The molecule has 0 aliphatic rings. The number of halogens is 1. The lowest BCUT2D eigenvalue weighted by Crippen LogP contribution is -2.19. The number of hydrogen-bond acceptors (Lipinski definition) is 5. The molecule has 0 radical (unpaired) electrons. The van der Waals surface area contributed by atoms with Gasteiger partial charge >= 0.3 is 11.9 Å². The highest BCUT2D eigenvalue weighted by Gasteiger charge is 2.21. The van der Waals surface area contributed by atoms with Crippen molar-refractivity contribution < 1.29 is 19.1 Å². The van der Waals surface area contributed by atoms with Crippen LogP contribution in [0.4, 0.5) is 0 Å². The lowest BCUT2D eigenvalue weighted by atomic mass is 10.1. The minimum atomic E-state index is -0.443. The summed E-state index contributed by atoms with van der Waals surface area (Å²) in [6.45, 7) is 7.45. The van der Waals surface area contributed by atoms with Crippen LogP contribution >= 0.6 is 11.6 Å². The van der Waals surface area contributed by atoms with Crippen molar-refractivity contribution in [2.24, 2.45) is 16.8 Å². The van der Waals surface area contributed by atoms with E-state index < -0.39 is 11.9 Å². The summed E-state index contributed by atoms with van der Waals surface area (Å²) in [4.78, 5) is 28.7. The summed E-state index contributed by atoms with van der Waals surface area (Å²) in [5.41, 5.74) is 1.65. The first-order valence-electron chi connectivity index (χ1n) is 9.58. The molecule has 0 unspecified atom stereocenters. The van der Waals surface area contributed by atoms with Crippen LogP contribution in [0.3, 0.4) is 0 Å². The highest BCUT2D eigenvalue weighted by atomic mass is 35.5. The maximum absolute atomic E-state index is 12.2. The summed E-state index contributed by atoms with van der Waals surface area (Å²) < 4.78 is 10.9. The molecule has 6 heteroatoms. The third-order valence-electron chi connectivity index (χ3n) is 4.01. The third kappa shape index (κ3) is 7.02. The van der Waals surface area contributed by atoms with Gasteiger partial charge in [0.25, 0.3) is 0 Å². The summed E-state index contributed by atoms with van der Waals surface area (Å²) in [6.07, 6.45) is 2.36. The lowest BCUT2D eigenvalue weighted by Gasteiger charge is -2.15. The largest absolute Gasteiger partial charge is 0.422 e. The minimum Gasteiger partial charge on any atom is -0.422 e. The van der Waals surface area contributed by atoms with Crippen LogP contribution < -0.4 is 9.47 Å². The van der Waals surface area contributed by atoms with E-state index in [1.54, 1.807) is 40.0 Å². The average Bonchev–Trinajstić information content (AvgIpc) is 2.67. The summed E-state index contributed by atoms with van der Waals surface area (Å²) in [5.74, 6) is -1.32. The van der Waals surface area contributed by atoms with Crippen LogP contribution in [0.2, 0.25) is 5.02 Å². The fourth-order valence-corrected chi connectivity index (χ4v) is 2.53. The van der Waals surface area contributed by atoms with Crippen molar-refractivity contribution >= 4 is 29.8 Å². The number of aliphatic imine (C=N–C) groups is 1. The fraction of sp³-hybridized carbons (Fsp3) is 0.348. The van der Waals surface area contributed by atoms with Gasteiger partial charge in [0, 0.05) is 29.4 Å². The van der Waals surface area contributed by atoms with E-state index in [1.807, 2.05) is 30.3 Å². The molecule has 0 amide bonds. The highest BCUT2D eigenvalue weighted by Crippen LogP contribution is 2.35. The zero-order valence-corrected chi connectivity index (χ0v) is 17.9. The molecule has 0 atom stereocenters. The molecule has 0 aliphatic heterocycles. The monoisotopic (exact) mass is 415 g/mol. The molecule has 0 heterocycles. The van der Waals surface area contributed by atoms with Crippen LogP contribution in [0.15, 0.2) is 47.5 Å². The molecular weight excluding hydrogens is 390 g/mol. The smallest absolute Gasteiger partial charge is 0.313 e. The second-order valence-corrected chi connectivity index (χ2v) is 7.68. The van der Waals surface area contributed by atoms with E-state index in [1.165, 1.54) is 11.6 Å². The average molecular weight is 416 g/mol. The standard InChI is InChI=1S/C23H26ClNO4/c1-15(2)22(26)28-20-13-19(24)12-18(21(20)29-23(27)16(3)4)14-25-11-10-17-8-6-5-7-9-17/h5-9,12-16H,10-11H2,1-4H3. The maximum atomic E-state index is 12.2. The van der Waals surface area contributed by atoms with Gasteiger partial charge in [0.1, 0.15) is 0 Å². The Morgan fingerprint density at radius 1 is 1.00 bits per heavy atom. The van der Waals surface area contributed by atoms with Crippen molar-refractivity contribution in [1.82, 2.24) is 0 Å². The number of benzene rings is 2. The Morgan fingerprint density at radius 3 is 2.24 bits per heavy atom. The van der Waals surface area contributed by atoms with Crippen molar-refractivity contribution in [2.45, 2.75) is 34.1 Å². The van der Waals surface area contributed by atoms with Crippen LogP contribution in [0.5, 0.6) is 11.5 Å². The molecule has 2 aromatic rings. The first-order valence-corrected chi connectivity index (χ1v) is 9.96. The maximum Gasteiger partial charge on any atom is 0.313 e. The predicted molar refractivity (Wildman–Crippen MR) is 115 cm³/mol. The summed E-state index contributed by atoms with van der Waals surface area (Å²) in [6, 6.07) is 13.1. The van der Waals surface area contributed by atoms with Gasteiger partial charge < -0.3 is 9.47 Å².